The van der Waals surface area contributed by atoms with E-state index in [0.717, 1.165) is 16.0 Å². The number of anilines is 2. The van der Waals surface area contributed by atoms with Crippen molar-refractivity contribution in [3.8, 4) is 6.07 Å². The van der Waals surface area contributed by atoms with Gasteiger partial charge in [-0.05, 0) is 24.1 Å². The van der Waals surface area contributed by atoms with E-state index in [0.29, 0.717) is 29.3 Å². The van der Waals surface area contributed by atoms with Gasteiger partial charge in [-0.1, -0.05) is 43.0 Å². The predicted octanol–water partition coefficient (Wildman–Crippen LogP) is 3.60. The van der Waals surface area contributed by atoms with Crippen LogP contribution < -0.4 is 10.6 Å². The summed E-state index contributed by atoms with van der Waals surface area (Å²) in [5, 5.41) is 23.9. The zero-order chi connectivity index (χ0) is 17.4. The lowest BCUT2D eigenvalue weighted by Gasteiger charge is -2.04. The molecule has 0 radical (unpaired) electrons. The van der Waals surface area contributed by atoms with E-state index in [1.807, 2.05) is 6.07 Å². The molecule has 1 amide bonds. The summed E-state index contributed by atoms with van der Waals surface area (Å²) in [5.74, 6) is 1.09. The molecule has 0 saturated heterocycles. The quantitative estimate of drug-likeness (QED) is 0.698. The lowest BCUT2D eigenvalue weighted by Crippen LogP contribution is -2.12. The number of benzene rings is 1. The van der Waals surface area contributed by atoms with Crippen LogP contribution in [0.4, 0.5) is 10.8 Å². The Balaban J connectivity index is 1.73. The van der Waals surface area contributed by atoms with Crippen molar-refractivity contribution in [1.29, 1.82) is 5.26 Å². The Hall–Kier alpha value is -2.11. The number of nitriles is 1. The normalized spacial score (nSPS) is 10.4. The number of aromatic nitrogens is 2. The van der Waals surface area contributed by atoms with E-state index in [2.05, 4.69) is 34.7 Å². The van der Waals surface area contributed by atoms with Crippen LogP contribution in [-0.2, 0) is 4.79 Å². The monoisotopic (exact) mass is 361 g/mol. The van der Waals surface area contributed by atoms with Crippen molar-refractivity contribution in [1.82, 2.24) is 10.2 Å². The van der Waals surface area contributed by atoms with E-state index in [1.54, 1.807) is 24.3 Å². The van der Waals surface area contributed by atoms with Crippen molar-refractivity contribution >= 4 is 39.8 Å². The molecule has 1 aromatic carbocycles. The third kappa shape index (κ3) is 6.18. The molecule has 0 spiro atoms. The van der Waals surface area contributed by atoms with Gasteiger partial charge >= 0.3 is 0 Å². The maximum absolute atomic E-state index is 11.9. The number of hydrogen-bond acceptors (Lipinski definition) is 7. The molecule has 2 N–H and O–H groups in total. The van der Waals surface area contributed by atoms with E-state index in [-0.39, 0.29) is 5.91 Å². The molecule has 0 aliphatic carbocycles. The minimum Gasteiger partial charge on any atom is -0.360 e. The lowest BCUT2D eigenvalue weighted by atomic mass is 10.2. The summed E-state index contributed by atoms with van der Waals surface area (Å²) in [6.45, 7) is 5.13. The van der Waals surface area contributed by atoms with Gasteiger partial charge in [-0.2, -0.15) is 5.26 Å². The van der Waals surface area contributed by atoms with Gasteiger partial charge in [-0.3, -0.25) is 4.79 Å². The molecular weight excluding hydrogens is 342 g/mol. The van der Waals surface area contributed by atoms with Crippen molar-refractivity contribution in [2.24, 2.45) is 5.92 Å². The van der Waals surface area contributed by atoms with Crippen LogP contribution in [0.25, 0.3) is 0 Å². The first kappa shape index (κ1) is 18.2. The highest BCUT2D eigenvalue weighted by molar-refractivity contribution is 8.01. The largest absolute Gasteiger partial charge is 0.360 e. The van der Waals surface area contributed by atoms with Gasteiger partial charge in [-0.15, -0.1) is 10.2 Å². The average molecular weight is 361 g/mol. The number of rotatable bonds is 8. The molecule has 1 heterocycles. The summed E-state index contributed by atoms with van der Waals surface area (Å²) < 4.78 is 0.848. The topological polar surface area (TPSA) is 90.7 Å². The molecule has 2 rings (SSSR count). The summed E-state index contributed by atoms with van der Waals surface area (Å²) in [4.78, 5) is 11.9. The zero-order valence-corrected chi connectivity index (χ0v) is 15.2. The van der Waals surface area contributed by atoms with Crippen LogP contribution in [0, 0.1) is 17.2 Å². The molecule has 0 atom stereocenters. The fourth-order valence-electron chi connectivity index (χ4n) is 1.75. The molecule has 126 valence electrons. The number of carbonyl (C=O) groups is 1. The van der Waals surface area contributed by atoms with Gasteiger partial charge in [0.2, 0.25) is 11.0 Å². The highest BCUT2D eigenvalue weighted by Gasteiger charge is 2.08. The summed E-state index contributed by atoms with van der Waals surface area (Å²) in [7, 11) is 0. The molecule has 1 aromatic heterocycles. The van der Waals surface area contributed by atoms with E-state index in [4.69, 9.17) is 5.26 Å². The van der Waals surface area contributed by atoms with Crippen LogP contribution in [0.3, 0.4) is 0 Å². The fourth-order valence-corrected chi connectivity index (χ4v) is 3.52. The minimum atomic E-state index is -0.0831. The Morgan fingerprint density at radius 3 is 3.00 bits per heavy atom. The second-order valence-electron chi connectivity index (χ2n) is 5.49. The maximum Gasteiger partial charge on any atom is 0.225 e. The molecular formula is C16H19N5OS2. The zero-order valence-electron chi connectivity index (χ0n) is 13.6. The maximum atomic E-state index is 11.9. The van der Waals surface area contributed by atoms with E-state index >= 15 is 0 Å². The Bertz CT molecular complexity index is 723. The molecule has 0 saturated carbocycles. The molecule has 2 aromatic rings. The van der Waals surface area contributed by atoms with Gasteiger partial charge < -0.3 is 10.6 Å². The third-order valence-corrected chi connectivity index (χ3v) is 4.91. The lowest BCUT2D eigenvalue weighted by molar-refractivity contribution is -0.115. The van der Waals surface area contributed by atoms with Gasteiger partial charge in [0.15, 0.2) is 4.34 Å². The van der Waals surface area contributed by atoms with Crippen molar-refractivity contribution in [3.63, 3.8) is 0 Å². The van der Waals surface area contributed by atoms with Crippen LogP contribution in [0.1, 0.15) is 25.8 Å². The highest BCUT2D eigenvalue weighted by atomic mass is 32.2. The molecule has 6 nitrogen and oxygen atoms in total. The van der Waals surface area contributed by atoms with Crippen molar-refractivity contribution in [2.45, 2.75) is 24.6 Å². The Morgan fingerprint density at radius 1 is 1.42 bits per heavy atom. The smallest absolute Gasteiger partial charge is 0.225 e. The van der Waals surface area contributed by atoms with Crippen LogP contribution in [0.2, 0.25) is 0 Å². The Kier molecular flexibility index (Phi) is 7.03. The second kappa shape index (κ2) is 9.25. The predicted molar refractivity (Wildman–Crippen MR) is 98.4 cm³/mol. The Morgan fingerprint density at radius 2 is 2.25 bits per heavy atom. The van der Waals surface area contributed by atoms with E-state index in [1.165, 1.54) is 23.1 Å². The standard InChI is InChI=1S/C16H19N5OS2/c1-11(2)10-18-15-20-21-16(24-15)23-7-6-14(22)19-13-5-3-4-12(8-13)9-17/h3-5,8,11H,6-7,10H2,1-2H3,(H,18,20)(H,19,22). The number of carbonyl (C=O) groups excluding carboxylic acids is 1. The first-order chi connectivity index (χ1) is 11.6. The van der Waals surface area contributed by atoms with Crippen molar-refractivity contribution in [2.75, 3.05) is 22.9 Å². The van der Waals surface area contributed by atoms with Crippen molar-refractivity contribution in [3.05, 3.63) is 29.8 Å². The summed E-state index contributed by atoms with van der Waals surface area (Å²) in [6.07, 6.45) is 0.371. The number of hydrogen-bond donors (Lipinski definition) is 2. The average Bonchev–Trinajstić information content (AvgIpc) is 3.01. The second-order valence-corrected chi connectivity index (χ2v) is 7.81. The first-order valence-electron chi connectivity index (χ1n) is 7.57. The highest BCUT2D eigenvalue weighted by Crippen LogP contribution is 2.26. The first-order valence-corrected chi connectivity index (χ1v) is 9.37. The molecule has 0 aliphatic heterocycles. The molecule has 0 aliphatic rings. The van der Waals surface area contributed by atoms with E-state index in [9.17, 15) is 4.79 Å². The summed E-state index contributed by atoms with van der Waals surface area (Å²) in [5.41, 5.74) is 1.16. The summed E-state index contributed by atoms with van der Waals surface area (Å²) in [6, 6.07) is 8.92. The third-order valence-electron chi connectivity index (χ3n) is 2.90. The molecule has 0 bridgehead atoms. The van der Waals surface area contributed by atoms with Gasteiger partial charge in [0.05, 0.1) is 11.6 Å². The van der Waals surface area contributed by atoms with Crippen LogP contribution in [0.5, 0.6) is 0 Å². The number of nitrogens with one attached hydrogen (secondary N) is 2. The van der Waals surface area contributed by atoms with Gasteiger partial charge in [-0.25, -0.2) is 0 Å². The van der Waals surface area contributed by atoms with E-state index < -0.39 is 0 Å². The van der Waals surface area contributed by atoms with Gasteiger partial charge in [0.25, 0.3) is 0 Å². The number of thioether (sulfide) groups is 1. The minimum absolute atomic E-state index is 0.0831. The molecule has 8 heteroatoms. The number of nitrogens with zero attached hydrogens (tertiary/aromatic N) is 3. The number of amides is 1. The van der Waals surface area contributed by atoms with Crippen LogP contribution >= 0.6 is 23.1 Å². The fraction of sp³-hybridized carbons (Fsp3) is 0.375. The van der Waals surface area contributed by atoms with Crippen molar-refractivity contribution < 1.29 is 4.79 Å². The molecule has 0 fully saturated rings. The molecule has 0 unspecified atom stereocenters. The SMILES string of the molecule is CC(C)CNc1nnc(SCCC(=O)Nc2cccc(C#N)c2)s1. The van der Waals surface area contributed by atoms with Crippen LogP contribution in [0.15, 0.2) is 28.6 Å². The van der Waals surface area contributed by atoms with Crippen LogP contribution in [-0.4, -0.2) is 28.4 Å². The van der Waals surface area contributed by atoms with Gasteiger partial charge in [0, 0.05) is 24.4 Å². The summed E-state index contributed by atoms with van der Waals surface area (Å²) >= 11 is 3.01. The molecule has 24 heavy (non-hydrogen) atoms. The van der Waals surface area contributed by atoms with Gasteiger partial charge in [0.1, 0.15) is 0 Å². The Labute approximate surface area is 149 Å².